The van der Waals surface area contributed by atoms with Gasteiger partial charge in [0.25, 0.3) is 0 Å². The van der Waals surface area contributed by atoms with Crippen LogP contribution in [0.1, 0.15) is 0 Å². The van der Waals surface area contributed by atoms with E-state index in [0.717, 1.165) is 28.0 Å². The van der Waals surface area contributed by atoms with Crippen molar-refractivity contribution in [2.45, 2.75) is 4.90 Å². The van der Waals surface area contributed by atoms with E-state index in [1.165, 1.54) is 12.1 Å². The molecule has 4 rings (SSSR count). The van der Waals surface area contributed by atoms with Crippen LogP contribution in [0.5, 0.6) is 17.2 Å². The highest BCUT2D eigenvalue weighted by molar-refractivity contribution is 7.89. The molecule has 1 heterocycles. The molecule has 0 unspecified atom stereocenters. The molecule has 0 bridgehead atoms. The van der Waals surface area contributed by atoms with Crippen LogP contribution in [-0.2, 0) is 10.0 Å². The Balaban J connectivity index is 1.86. The lowest BCUT2D eigenvalue weighted by molar-refractivity contribution is 0.174. The van der Waals surface area contributed by atoms with Gasteiger partial charge in [-0.25, -0.2) is 13.6 Å². The normalized spacial score (nSPS) is 12.8. The van der Waals surface area contributed by atoms with E-state index in [4.69, 9.17) is 19.3 Å². The smallest absolute Gasteiger partial charge is 0.238 e. The van der Waals surface area contributed by atoms with Crippen LogP contribution in [0.15, 0.2) is 65.6 Å². The first-order valence-electron chi connectivity index (χ1n) is 8.17. The van der Waals surface area contributed by atoms with Gasteiger partial charge in [0.15, 0.2) is 11.5 Å². The topological polar surface area (TPSA) is 87.9 Å². The molecule has 27 heavy (non-hydrogen) atoms. The van der Waals surface area contributed by atoms with E-state index in [-0.39, 0.29) is 11.7 Å². The molecule has 0 spiro atoms. The summed E-state index contributed by atoms with van der Waals surface area (Å²) in [7, 11) is -2.12. The van der Waals surface area contributed by atoms with Crippen LogP contribution in [0.2, 0.25) is 0 Å². The second-order valence-corrected chi connectivity index (χ2v) is 7.61. The van der Waals surface area contributed by atoms with Crippen molar-refractivity contribution in [2.75, 3.05) is 13.9 Å². The van der Waals surface area contributed by atoms with E-state index in [1.807, 2.05) is 36.4 Å². The van der Waals surface area contributed by atoms with E-state index in [1.54, 1.807) is 19.2 Å². The van der Waals surface area contributed by atoms with Gasteiger partial charge in [0, 0.05) is 0 Å². The lowest BCUT2D eigenvalue weighted by atomic mass is 9.94. The molecule has 6 nitrogen and oxygen atoms in total. The van der Waals surface area contributed by atoms with Gasteiger partial charge >= 0.3 is 0 Å². The molecule has 0 saturated carbocycles. The van der Waals surface area contributed by atoms with Crippen LogP contribution in [-0.4, -0.2) is 22.3 Å². The summed E-state index contributed by atoms with van der Waals surface area (Å²) in [6.07, 6.45) is 0. The molecule has 3 aromatic rings. The first-order chi connectivity index (χ1) is 13.0. The number of hydrogen-bond acceptors (Lipinski definition) is 5. The molecule has 0 atom stereocenters. The zero-order chi connectivity index (χ0) is 19.0. The molecular weight excluding hydrogens is 366 g/mol. The minimum atomic E-state index is -3.74. The van der Waals surface area contributed by atoms with Crippen molar-refractivity contribution in [3.05, 3.63) is 60.7 Å². The van der Waals surface area contributed by atoms with E-state index in [2.05, 4.69) is 0 Å². The van der Waals surface area contributed by atoms with Gasteiger partial charge in [0.2, 0.25) is 16.8 Å². The van der Waals surface area contributed by atoms with Crippen LogP contribution >= 0.6 is 0 Å². The summed E-state index contributed by atoms with van der Waals surface area (Å²) in [5.41, 5.74) is 3.64. The Hall–Kier alpha value is -3.03. The molecule has 7 heteroatoms. The number of primary sulfonamides is 1. The second-order valence-electron chi connectivity index (χ2n) is 6.05. The fourth-order valence-electron chi connectivity index (χ4n) is 3.01. The third-order valence-electron chi connectivity index (χ3n) is 4.41. The quantitative estimate of drug-likeness (QED) is 0.746. The van der Waals surface area contributed by atoms with Crippen molar-refractivity contribution >= 4 is 10.0 Å². The number of ether oxygens (including phenoxy) is 3. The van der Waals surface area contributed by atoms with Crippen LogP contribution in [0.4, 0.5) is 0 Å². The van der Waals surface area contributed by atoms with Gasteiger partial charge in [0.05, 0.1) is 12.0 Å². The van der Waals surface area contributed by atoms with Crippen molar-refractivity contribution in [2.24, 2.45) is 5.14 Å². The molecule has 1 aliphatic heterocycles. The predicted molar refractivity (Wildman–Crippen MR) is 101 cm³/mol. The second kappa shape index (κ2) is 6.61. The maximum atomic E-state index is 11.5. The third kappa shape index (κ3) is 3.34. The summed E-state index contributed by atoms with van der Waals surface area (Å²) in [4.78, 5) is 0.0676. The van der Waals surface area contributed by atoms with Crippen molar-refractivity contribution < 1.29 is 22.6 Å². The number of hydrogen-bond donors (Lipinski definition) is 1. The van der Waals surface area contributed by atoms with Crippen LogP contribution in [0, 0.1) is 0 Å². The maximum Gasteiger partial charge on any atom is 0.238 e. The minimum absolute atomic E-state index is 0.0676. The number of methoxy groups -OCH3 is 1. The number of sulfonamides is 1. The standard InChI is InChI=1S/C20H17NO5S/c1-24-15-6-2-13(3-7-15)17-10-19-20(26-12-25-19)11-18(17)14-4-8-16(9-5-14)27(21,22)23/h2-11H,12H2,1H3,(H2,21,22,23). The molecule has 1 aliphatic rings. The predicted octanol–water partition coefficient (Wildman–Crippen LogP) is 3.41. The van der Waals surface area contributed by atoms with Gasteiger partial charge in [-0.05, 0) is 58.7 Å². The molecule has 2 N–H and O–H groups in total. The molecule has 0 saturated heterocycles. The van der Waals surface area contributed by atoms with Gasteiger partial charge < -0.3 is 14.2 Å². The van der Waals surface area contributed by atoms with Crippen LogP contribution in [0.3, 0.4) is 0 Å². The monoisotopic (exact) mass is 383 g/mol. The fraction of sp³-hybridized carbons (Fsp3) is 0.100. The van der Waals surface area contributed by atoms with Crippen LogP contribution in [0.25, 0.3) is 22.3 Å². The Morgan fingerprint density at radius 1 is 0.852 bits per heavy atom. The van der Waals surface area contributed by atoms with Gasteiger partial charge in [-0.2, -0.15) is 0 Å². The number of benzene rings is 3. The average molecular weight is 383 g/mol. The minimum Gasteiger partial charge on any atom is -0.497 e. The lowest BCUT2D eigenvalue weighted by Gasteiger charge is -2.13. The molecule has 0 amide bonds. The van der Waals surface area contributed by atoms with Crippen molar-refractivity contribution in [1.82, 2.24) is 0 Å². The van der Waals surface area contributed by atoms with Gasteiger partial charge in [0.1, 0.15) is 5.75 Å². The van der Waals surface area contributed by atoms with Crippen molar-refractivity contribution in [3.63, 3.8) is 0 Å². The fourth-order valence-corrected chi connectivity index (χ4v) is 3.53. The maximum absolute atomic E-state index is 11.5. The molecule has 0 fully saturated rings. The van der Waals surface area contributed by atoms with Crippen molar-refractivity contribution in [3.8, 4) is 39.5 Å². The SMILES string of the molecule is COc1ccc(-c2cc3c(cc2-c2ccc(S(N)(=O)=O)cc2)OCO3)cc1. The zero-order valence-electron chi connectivity index (χ0n) is 14.5. The Morgan fingerprint density at radius 2 is 1.33 bits per heavy atom. The van der Waals surface area contributed by atoms with E-state index >= 15 is 0 Å². The Kier molecular flexibility index (Phi) is 4.25. The Morgan fingerprint density at radius 3 is 1.78 bits per heavy atom. The molecule has 0 aliphatic carbocycles. The van der Waals surface area contributed by atoms with E-state index < -0.39 is 10.0 Å². The number of nitrogens with two attached hydrogens (primary N) is 1. The highest BCUT2D eigenvalue weighted by Crippen LogP contribution is 2.43. The highest BCUT2D eigenvalue weighted by atomic mass is 32.2. The summed E-state index contributed by atoms with van der Waals surface area (Å²) in [5.74, 6) is 2.09. The lowest BCUT2D eigenvalue weighted by Crippen LogP contribution is -2.11. The molecule has 138 valence electrons. The van der Waals surface area contributed by atoms with E-state index in [0.29, 0.717) is 11.5 Å². The first-order valence-corrected chi connectivity index (χ1v) is 9.71. The van der Waals surface area contributed by atoms with E-state index in [9.17, 15) is 8.42 Å². The number of fused-ring (bicyclic) bond motifs is 1. The van der Waals surface area contributed by atoms with Crippen molar-refractivity contribution in [1.29, 1.82) is 0 Å². The summed E-state index contributed by atoms with van der Waals surface area (Å²) < 4.78 is 39.3. The molecule has 0 radical (unpaired) electrons. The first kappa shape index (κ1) is 17.4. The summed E-state index contributed by atoms with van der Waals surface area (Å²) in [5, 5.41) is 5.19. The Bertz CT molecular complexity index is 1090. The summed E-state index contributed by atoms with van der Waals surface area (Å²) in [6.45, 7) is 0.172. The average Bonchev–Trinajstić information content (AvgIpc) is 3.14. The van der Waals surface area contributed by atoms with Gasteiger partial charge in [-0.15, -0.1) is 0 Å². The highest BCUT2D eigenvalue weighted by Gasteiger charge is 2.19. The zero-order valence-corrected chi connectivity index (χ0v) is 15.3. The molecule has 0 aromatic heterocycles. The summed E-state index contributed by atoms with van der Waals surface area (Å²) in [6, 6.07) is 17.9. The molecular formula is C20H17NO5S. The van der Waals surface area contributed by atoms with Gasteiger partial charge in [-0.1, -0.05) is 24.3 Å². The largest absolute Gasteiger partial charge is 0.497 e. The Labute approximate surface area is 157 Å². The van der Waals surface area contributed by atoms with Gasteiger partial charge in [-0.3, -0.25) is 0 Å². The number of rotatable bonds is 4. The third-order valence-corrected chi connectivity index (χ3v) is 5.34. The molecule has 3 aromatic carbocycles. The van der Waals surface area contributed by atoms with Crippen LogP contribution < -0.4 is 19.3 Å². The summed E-state index contributed by atoms with van der Waals surface area (Å²) >= 11 is 0.